The fourth-order valence-corrected chi connectivity index (χ4v) is 6.05. The Morgan fingerprint density at radius 2 is 1.23 bits per heavy atom. The standard InChI is InChI=1S/C41H70NO9P/c1-3-5-7-8-9-10-13-18-21-24-28-32-41(44)50-37(36-49-52(45,46)48-34-33-42)35-47-40(43)31-27-23-20-17-15-12-11-14-16-19-22-26-30-39-38(51-39)29-25-6-4-2/h6,12,14-16,20,22-23,25-26,37-39H,3-5,7-11,13,17-19,21,24,27-36,42H2,1-2H3,(H,45,46)/b15-12-,16-14-,23-20-,25-6-,26-22-/t37-,38?,39?/m1/s1. The molecule has 3 N–H and O–H groups in total. The minimum atomic E-state index is -4.39. The average Bonchev–Trinajstić information content (AvgIpc) is 3.88. The van der Waals surface area contributed by atoms with E-state index in [0.717, 1.165) is 57.8 Å². The van der Waals surface area contributed by atoms with E-state index in [9.17, 15) is 19.0 Å². The van der Waals surface area contributed by atoms with Gasteiger partial charge in [-0.1, -0.05) is 139 Å². The molecule has 0 aliphatic carbocycles. The Bertz CT molecular complexity index is 1100. The summed E-state index contributed by atoms with van der Waals surface area (Å²) in [6.45, 7) is 3.49. The molecule has 298 valence electrons. The summed E-state index contributed by atoms with van der Waals surface area (Å²) in [5.74, 6) is -0.936. The van der Waals surface area contributed by atoms with Gasteiger partial charge in [-0.05, 0) is 51.4 Å². The second-order valence-electron chi connectivity index (χ2n) is 13.2. The SMILES string of the molecule is CC/C=C\CC1OC1C/C=C\C/C=C\C/C=C\C/C=C\CCC(=O)OC[C@H](COP(=O)(O)OCCN)OC(=O)CCCCCCCCCCCCC. The second kappa shape index (κ2) is 33.3. The average molecular weight is 752 g/mol. The number of epoxide rings is 1. The van der Waals surface area contributed by atoms with Gasteiger partial charge < -0.3 is 24.8 Å². The molecule has 1 aliphatic heterocycles. The zero-order valence-corrected chi connectivity index (χ0v) is 33.1. The van der Waals surface area contributed by atoms with Crippen LogP contribution in [0.25, 0.3) is 0 Å². The van der Waals surface area contributed by atoms with Crippen LogP contribution in [-0.2, 0) is 37.4 Å². The fourth-order valence-electron chi connectivity index (χ4n) is 5.29. The number of ether oxygens (including phenoxy) is 3. The van der Waals surface area contributed by atoms with Crippen molar-refractivity contribution in [3.05, 3.63) is 60.8 Å². The number of unbranched alkanes of at least 4 members (excludes halogenated alkanes) is 10. The topological polar surface area (TPSA) is 147 Å². The van der Waals surface area contributed by atoms with Gasteiger partial charge in [-0.25, -0.2) is 4.57 Å². The van der Waals surface area contributed by atoms with Gasteiger partial charge in [0, 0.05) is 19.4 Å². The first-order valence-electron chi connectivity index (χ1n) is 19.9. The molecule has 0 aromatic heterocycles. The highest BCUT2D eigenvalue weighted by Crippen LogP contribution is 2.43. The number of carbonyl (C=O) groups is 2. The van der Waals surface area contributed by atoms with Crippen LogP contribution in [0, 0.1) is 0 Å². The van der Waals surface area contributed by atoms with Gasteiger partial charge in [-0.15, -0.1) is 0 Å². The largest absolute Gasteiger partial charge is 0.472 e. The maximum Gasteiger partial charge on any atom is 0.472 e. The van der Waals surface area contributed by atoms with Gasteiger partial charge in [0.1, 0.15) is 6.61 Å². The van der Waals surface area contributed by atoms with Crippen LogP contribution in [0.3, 0.4) is 0 Å². The van der Waals surface area contributed by atoms with Gasteiger partial charge >= 0.3 is 19.8 Å². The number of rotatable bonds is 35. The molecule has 4 atom stereocenters. The quantitative estimate of drug-likeness (QED) is 0.0211. The van der Waals surface area contributed by atoms with Crippen LogP contribution < -0.4 is 5.73 Å². The van der Waals surface area contributed by atoms with E-state index in [4.69, 9.17) is 29.0 Å². The van der Waals surface area contributed by atoms with Crippen molar-refractivity contribution in [2.24, 2.45) is 5.73 Å². The lowest BCUT2D eigenvalue weighted by atomic mass is 10.1. The number of hydrogen-bond acceptors (Lipinski definition) is 9. The summed E-state index contributed by atoms with van der Waals surface area (Å²) in [6.07, 6.45) is 40.2. The lowest BCUT2D eigenvalue weighted by Crippen LogP contribution is -2.29. The minimum Gasteiger partial charge on any atom is -0.462 e. The van der Waals surface area contributed by atoms with Crippen LogP contribution in [0.1, 0.15) is 142 Å². The van der Waals surface area contributed by atoms with Crippen molar-refractivity contribution in [2.45, 2.75) is 161 Å². The van der Waals surface area contributed by atoms with E-state index in [1.807, 2.05) is 12.2 Å². The zero-order valence-electron chi connectivity index (χ0n) is 32.2. The third-order valence-corrected chi connectivity index (χ3v) is 9.32. The van der Waals surface area contributed by atoms with E-state index in [2.05, 4.69) is 62.5 Å². The smallest absolute Gasteiger partial charge is 0.462 e. The van der Waals surface area contributed by atoms with Crippen molar-refractivity contribution in [1.29, 1.82) is 0 Å². The Kier molecular flexibility index (Phi) is 30.5. The number of nitrogens with two attached hydrogens (primary N) is 1. The van der Waals surface area contributed by atoms with E-state index in [1.165, 1.54) is 44.9 Å². The van der Waals surface area contributed by atoms with E-state index >= 15 is 0 Å². The summed E-state index contributed by atoms with van der Waals surface area (Å²) < 4.78 is 38.2. The molecular weight excluding hydrogens is 681 g/mol. The van der Waals surface area contributed by atoms with Gasteiger partial charge in [0.2, 0.25) is 0 Å². The third kappa shape index (κ3) is 30.2. The highest BCUT2D eigenvalue weighted by Gasteiger charge is 2.36. The van der Waals surface area contributed by atoms with E-state index in [-0.39, 0.29) is 32.6 Å². The van der Waals surface area contributed by atoms with Crippen molar-refractivity contribution in [1.82, 2.24) is 0 Å². The first-order chi connectivity index (χ1) is 25.3. The summed E-state index contributed by atoms with van der Waals surface area (Å²) >= 11 is 0. The van der Waals surface area contributed by atoms with E-state index in [0.29, 0.717) is 25.0 Å². The third-order valence-electron chi connectivity index (χ3n) is 8.33. The highest BCUT2D eigenvalue weighted by molar-refractivity contribution is 7.47. The predicted molar refractivity (Wildman–Crippen MR) is 210 cm³/mol. The van der Waals surface area contributed by atoms with Gasteiger partial charge in [-0.2, -0.15) is 0 Å². The fraction of sp³-hybridized carbons (Fsp3) is 0.707. The summed E-state index contributed by atoms with van der Waals surface area (Å²) in [4.78, 5) is 34.7. The predicted octanol–water partition coefficient (Wildman–Crippen LogP) is 9.92. The van der Waals surface area contributed by atoms with Gasteiger partial charge in [0.15, 0.2) is 6.10 Å². The van der Waals surface area contributed by atoms with Crippen LogP contribution >= 0.6 is 7.82 Å². The van der Waals surface area contributed by atoms with Crippen LogP contribution in [0.15, 0.2) is 60.8 Å². The maximum atomic E-state index is 12.5. The Labute approximate surface area is 314 Å². The lowest BCUT2D eigenvalue weighted by molar-refractivity contribution is -0.161. The molecule has 10 nitrogen and oxygen atoms in total. The lowest BCUT2D eigenvalue weighted by Gasteiger charge is -2.19. The molecule has 0 bridgehead atoms. The Morgan fingerprint density at radius 1 is 0.692 bits per heavy atom. The molecule has 0 spiro atoms. The molecule has 1 aliphatic rings. The van der Waals surface area contributed by atoms with E-state index < -0.39 is 32.5 Å². The van der Waals surface area contributed by atoms with Crippen LogP contribution in [0.5, 0.6) is 0 Å². The molecule has 1 saturated heterocycles. The van der Waals surface area contributed by atoms with Gasteiger partial charge in [0.25, 0.3) is 0 Å². The number of phosphoric acid groups is 1. The number of esters is 2. The number of hydrogen-bond donors (Lipinski definition) is 2. The van der Waals surface area contributed by atoms with Gasteiger partial charge in [0.05, 0.1) is 25.4 Å². The van der Waals surface area contributed by atoms with Crippen molar-refractivity contribution < 1.29 is 42.3 Å². The Morgan fingerprint density at radius 3 is 1.81 bits per heavy atom. The molecule has 1 heterocycles. The van der Waals surface area contributed by atoms with Crippen LogP contribution in [0.2, 0.25) is 0 Å². The van der Waals surface area contributed by atoms with Crippen molar-refractivity contribution in [2.75, 3.05) is 26.4 Å². The molecule has 0 amide bonds. The summed E-state index contributed by atoms with van der Waals surface area (Å²) in [7, 11) is -4.39. The molecule has 3 unspecified atom stereocenters. The summed E-state index contributed by atoms with van der Waals surface area (Å²) in [5.41, 5.74) is 5.33. The highest BCUT2D eigenvalue weighted by atomic mass is 31.2. The molecule has 1 rings (SSSR count). The molecule has 0 aromatic rings. The summed E-state index contributed by atoms with van der Waals surface area (Å²) in [5, 5.41) is 0. The second-order valence-corrected chi connectivity index (χ2v) is 14.6. The normalized spacial score (nSPS) is 17.9. The zero-order chi connectivity index (χ0) is 38.0. The monoisotopic (exact) mass is 751 g/mol. The number of allylic oxidation sites excluding steroid dienone is 8. The van der Waals surface area contributed by atoms with E-state index in [1.54, 1.807) is 0 Å². The van der Waals surface area contributed by atoms with Crippen LogP contribution in [-0.4, -0.2) is 61.5 Å². The van der Waals surface area contributed by atoms with Gasteiger partial charge in [-0.3, -0.25) is 18.6 Å². The first-order valence-corrected chi connectivity index (χ1v) is 21.4. The Balaban J connectivity index is 2.25. The maximum absolute atomic E-state index is 12.5. The molecule has 0 aromatic carbocycles. The van der Waals surface area contributed by atoms with Crippen molar-refractivity contribution >= 4 is 19.8 Å². The molecular formula is C41H70NO9P. The van der Waals surface area contributed by atoms with Crippen molar-refractivity contribution in [3.8, 4) is 0 Å². The molecule has 52 heavy (non-hydrogen) atoms. The number of phosphoric ester groups is 1. The minimum absolute atomic E-state index is 0.0404. The molecule has 0 saturated carbocycles. The Hall–Kier alpha value is -2.33. The molecule has 11 heteroatoms. The van der Waals surface area contributed by atoms with Crippen molar-refractivity contribution in [3.63, 3.8) is 0 Å². The number of carbonyl (C=O) groups excluding carboxylic acids is 2. The van der Waals surface area contributed by atoms with Crippen LogP contribution in [0.4, 0.5) is 0 Å². The molecule has 1 fully saturated rings. The molecule has 0 radical (unpaired) electrons. The summed E-state index contributed by atoms with van der Waals surface area (Å²) in [6, 6.07) is 0. The first kappa shape index (κ1) is 47.7.